The average molecular weight is 300 g/mol. The van der Waals surface area contributed by atoms with Crippen molar-refractivity contribution < 1.29 is 18.7 Å². The van der Waals surface area contributed by atoms with Crippen LogP contribution in [0.25, 0.3) is 22.7 Å². The number of nitrogens with one attached hydrogen (secondary N) is 1. The second-order valence-electron chi connectivity index (χ2n) is 4.63. The second-order valence-corrected chi connectivity index (χ2v) is 4.63. The second kappa shape index (κ2) is 5.40. The van der Waals surface area contributed by atoms with E-state index in [4.69, 9.17) is 0 Å². The monoisotopic (exact) mass is 300 g/mol. The van der Waals surface area contributed by atoms with Crippen molar-refractivity contribution in [2.75, 3.05) is 0 Å². The lowest BCUT2D eigenvalue weighted by Gasteiger charge is -2.04. The van der Waals surface area contributed by atoms with Crippen LogP contribution in [0, 0.1) is 11.6 Å². The number of rotatable bonds is 3. The van der Waals surface area contributed by atoms with Crippen LogP contribution in [0.15, 0.2) is 42.7 Å². The Morgan fingerprint density at radius 2 is 2.09 bits per heavy atom. The lowest BCUT2D eigenvalue weighted by atomic mass is 10.0. The van der Waals surface area contributed by atoms with Gasteiger partial charge in [-0.05, 0) is 30.3 Å². The Balaban J connectivity index is 2.17. The van der Waals surface area contributed by atoms with Crippen LogP contribution in [0.2, 0.25) is 0 Å². The van der Waals surface area contributed by atoms with E-state index in [9.17, 15) is 18.7 Å². The van der Waals surface area contributed by atoms with E-state index in [0.717, 1.165) is 12.1 Å². The number of carboxylic acid groups (broad SMARTS) is 1. The maximum Gasteiger partial charge on any atom is 0.336 e. The number of nitrogens with zero attached hydrogens (tertiary/aromatic N) is 1. The van der Waals surface area contributed by atoms with Gasteiger partial charge in [0.1, 0.15) is 17.3 Å². The van der Waals surface area contributed by atoms with E-state index in [1.54, 1.807) is 24.5 Å². The van der Waals surface area contributed by atoms with Crippen LogP contribution in [0.4, 0.5) is 8.78 Å². The number of carboxylic acids is 1. The molecule has 1 aromatic carbocycles. The lowest BCUT2D eigenvalue weighted by Crippen LogP contribution is -2.02. The summed E-state index contributed by atoms with van der Waals surface area (Å²) in [4.78, 5) is 18.5. The Morgan fingerprint density at radius 3 is 2.82 bits per heavy atom. The number of fused-ring (bicyclic) bond motifs is 1. The number of aromatic amines is 1. The molecule has 0 saturated carbocycles. The highest BCUT2D eigenvalue weighted by molar-refractivity contribution is 6.21. The molecule has 0 aliphatic carbocycles. The summed E-state index contributed by atoms with van der Waals surface area (Å²) in [6.07, 6.45) is 4.52. The van der Waals surface area contributed by atoms with Gasteiger partial charge in [0, 0.05) is 35.0 Å². The van der Waals surface area contributed by atoms with Crippen molar-refractivity contribution in [3.05, 3.63) is 65.5 Å². The molecule has 0 atom stereocenters. The first-order valence-corrected chi connectivity index (χ1v) is 6.39. The maximum absolute atomic E-state index is 13.8. The summed E-state index contributed by atoms with van der Waals surface area (Å²) in [5.41, 5.74) is 0.719. The minimum Gasteiger partial charge on any atom is -0.478 e. The largest absolute Gasteiger partial charge is 0.478 e. The SMILES string of the molecule is O=C(O)/C(=C\c1c[nH]c2ncccc12)c1ccc(F)cc1F. The first-order valence-electron chi connectivity index (χ1n) is 6.39. The van der Waals surface area contributed by atoms with Gasteiger partial charge < -0.3 is 10.1 Å². The molecule has 3 aromatic rings. The van der Waals surface area contributed by atoms with Gasteiger partial charge in [-0.2, -0.15) is 0 Å². The Bertz CT molecular complexity index is 900. The Morgan fingerprint density at radius 1 is 1.27 bits per heavy atom. The van der Waals surface area contributed by atoms with Crippen LogP contribution >= 0.6 is 0 Å². The van der Waals surface area contributed by atoms with Crippen molar-refractivity contribution in [3.8, 4) is 0 Å². The van der Waals surface area contributed by atoms with E-state index in [0.29, 0.717) is 22.7 Å². The lowest BCUT2D eigenvalue weighted by molar-refractivity contribution is -0.130. The van der Waals surface area contributed by atoms with Crippen LogP contribution in [-0.2, 0) is 4.79 Å². The summed E-state index contributed by atoms with van der Waals surface area (Å²) in [5, 5.41) is 10.0. The van der Waals surface area contributed by atoms with Gasteiger partial charge in [-0.3, -0.25) is 0 Å². The Labute approximate surface area is 123 Å². The molecule has 2 N–H and O–H groups in total. The Kier molecular flexibility index (Phi) is 3.42. The highest BCUT2D eigenvalue weighted by Crippen LogP contribution is 2.25. The summed E-state index contributed by atoms with van der Waals surface area (Å²) < 4.78 is 26.8. The molecule has 0 aliphatic heterocycles. The van der Waals surface area contributed by atoms with Crippen molar-refractivity contribution in [2.45, 2.75) is 0 Å². The predicted octanol–water partition coefficient (Wildman–Crippen LogP) is 3.47. The highest BCUT2D eigenvalue weighted by atomic mass is 19.1. The maximum atomic E-state index is 13.8. The molecule has 0 radical (unpaired) electrons. The number of hydrogen-bond donors (Lipinski definition) is 2. The van der Waals surface area contributed by atoms with Gasteiger partial charge in [-0.15, -0.1) is 0 Å². The predicted molar refractivity (Wildman–Crippen MR) is 78.0 cm³/mol. The zero-order valence-corrected chi connectivity index (χ0v) is 11.2. The van der Waals surface area contributed by atoms with E-state index in [2.05, 4.69) is 9.97 Å². The smallest absolute Gasteiger partial charge is 0.336 e. The zero-order chi connectivity index (χ0) is 15.7. The van der Waals surface area contributed by atoms with Crippen molar-refractivity contribution in [1.29, 1.82) is 0 Å². The van der Waals surface area contributed by atoms with E-state index < -0.39 is 17.6 Å². The van der Waals surface area contributed by atoms with Crippen LogP contribution in [-0.4, -0.2) is 21.0 Å². The Hall–Kier alpha value is -3.02. The number of carbonyl (C=O) groups is 1. The molecule has 3 rings (SSSR count). The van der Waals surface area contributed by atoms with Crippen molar-refractivity contribution >= 4 is 28.7 Å². The molecule has 0 fully saturated rings. The summed E-state index contributed by atoms with van der Waals surface area (Å²) >= 11 is 0. The molecule has 0 bridgehead atoms. The quantitative estimate of drug-likeness (QED) is 0.728. The van der Waals surface area contributed by atoms with E-state index in [-0.39, 0.29) is 11.1 Å². The molecule has 6 heteroatoms. The molecular formula is C16H10F2N2O2. The normalized spacial score (nSPS) is 11.8. The minimum atomic E-state index is -1.30. The van der Waals surface area contributed by atoms with Gasteiger partial charge in [0.15, 0.2) is 0 Å². The van der Waals surface area contributed by atoms with Crippen molar-refractivity contribution in [1.82, 2.24) is 9.97 Å². The van der Waals surface area contributed by atoms with Crippen LogP contribution in [0.5, 0.6) is 0 Å². The number of pyridine rings is 1. The third-order valence-electron chi connectivity index (χ3n) is 3.23. The summed E-state index contributed by atoms with van der Waals surface area (Å²) in [6.45, 7) is 0. The fourth-order valence-corrected chi connectivity index (χ4v) is 2.21. The number of aromatic nitrogens is 2. The first kappa shape index (κ1) is 13.9. The molecule has 0 saturated heterocycles. The third-order valence-corrected chi connectivity index (χ3v) is 3.23. The molecule has 22 heavy (non-hydrogen) atoms. The fraction of sp³-hybridized carbons (Fsp3) is 0. The van der Waals surface area contributed by atoms with Gasteiger partial charge in [0.25, 0.3) is 0 Å². The van der Waals surface area contributed by atoms with Crippen molar-refractivity contribution in [3.63, 3.8) is 0 Å². The van der Waals surface area contributed by atoms with Crippen LogP contribution in [0.1, 0.15) is 11.1 Å². The fourth-order valence-electron chi connectivity index (χ4n) is 2.21. The highest BCUT2D eigenvalue weighted by Gasteiger charge is 2.16. The molecule has 4 nitrogen and oxygen atoms in total. The summed E-state index contributed by atoms with van der Waals surface area (Å²) in [5.74, 6) is -2.99. The van der Waals surface area contributed by atoms with Crippen LogP contribution in [0.3, 0.4) is 0 Å². The summed E-state index contributed by atoms with van der Waals surface area (Å²) in [6, 6.07) is 6.27. The standard InChI is InChI=1S/C16H10F2N2O2/c17-10-3-4-12(14(18)7-10)13(16(21)22)6-9-8-20-15-11(9)2-1-5-19-15/h1-8H,(H,19,20)(H,21,22)/b13-6-. The molecule has 0 amide bonds. The topological polar surface area (TPSA) is 66.0 Å². The minimum absolute atomic E-state index is 0.174. The molecule has 2 heterocycles. The van der Waals surface area contributed by atoms with Gasteiger partial charge in [0.05, 0.1) is 5.57 Å². The number of aliphatic carboxylic acids is 1. The third kappa shape index (κ3) is 2.46. The number of benzene rings is 1. The van der Waals surface area contributed by atoms with E-state index in [1.165, 1.54) is 6.08 Å². The number of halogens is 2. The molecule has 0 aliphatic rings. The van der Waals surface area contributed by atoms with E-state index >= 15 is 0 Å². The molecule has 0 unspecified atom stereocenters. The van der Waals surface area contributed by atoms with Crippen molar-refractivity contribution in [2.24, 2.45) is 0 Å². The molecule has 2 aromatic heterocycles. The van der Waals surface area contributed by atoms with Gasteiger partial charge in [-0.25, -0.2) is 18.6 Å². The molecule has 0 spiro atoms. The average Bonchev–Trinajstić information content (AvgIpc) is 2.88. The molecular weight excluding hydrogens is 290 g/mol. The van der Waals surface area contributed by atoms with Gasteiger partial charge in [-0.1, -0.05) is 0 Å². The zero-order valence-electron chi connectivity index (χ0n) is 11.2. The molecule has 110 valence electrons. The van der Waals surface area contributed by atoms with Crippen LogP contribution < -0.4 is 0 Å². The van der Waals surface area contributed by atoms with Gasteiger partial charge >= 0.3 is 5.97 Å². The first-order chi connectivity index (χ1) is 10.6. The van der Waals surface area contributed by atoms with E-state index in [1.807, 2.05) is 0 Å². The number of H-pyrrole nitrogens is 1. The summed E-state index contributed by atoms with van der Waals surface area (Å²) in [7, 11) is 0. The number of hydrogen-bond acceptors (Lipinski definition) is 2. The van der Waals surface area contributed by atoms with Gasteiger partial charge in [0.2, 0.25) is 0 Å².